The van der Waals surface area contributed by atoms with Crippen LogP contribution in [0.2, 0.25) is 0 Å². The fourth-order valence-corrected chi connectivity index (χ4v) is 4.61. The van der Waals surface area contributed by atoms with Crippen LogP contribution in [-0.4, -0.2) is 26.8 Å². The van der Waals surface area contributed by atoms with Crippen molar-refractivity contribution in [1.82, 2.24) is 10.2 Å². The van der Waals surface area contributed by atoms with Crippen molar-refractivity contribution in [2.24, 2.45) is 0 Å². The van der Waals surface area contributed by atoms with E-state index in [0.717, 1.165) is 22.6 Å². The Kier molecular flexibility index (Phi) is 7.58. The molecule has 3 aromatic carbocycles. The number of benzene rings is 3. The first-order chi connectivity index (χ1) is 16.9. The van der Waals surface area contributed by atoms with Gasteiger partial charge in [0, 0.05) is 11.8 Å². The van der Waals surface area contributed by atoms with Gasteiger partial charge in [-0.2, -0.15) is 0 Å². The maximum Gasteiger partial charge on any atom is 0.293 e. The summed E-state index contributed by atoms with van der Waals surface area (Å²) in [6, 6.07) is 20.0. The van der Waals surface area contributed by atoms with Crippen molar-refractivity contribution in [3.63, 3.8) is 0 Å². The molecule has 1 amide bonds. The van der Waals surface area contributed by atoms with Crippen LogP contribution in [0.25, 0.3) is 0 Å². The number of ether oxygens (including phenoxy) is 1. The third-order valence-corrected chi connectivity index (χ3v) is 6.87. The summed E-state index contributed by atoms with van der Waals surface area (Å²) in [5.41, 5.74) is 2.52. The molecule has 11 heteroatoms. The number of nitrogens with zero attached hydrogens (tertiary/aromatic N) is 3. The summed E-state index contributed by atoms with van der Waals surface area (Å²) in [7, 11) is 0. The van der Waals surface area contributed by atoms with Gasteiger partial charge in [-0.1, -0.05) is 41.3 Å². The minimum absolute atomic E-state index is 0.0459. The van der Waals surface area contributed by atoms with Crippen LogP contribution in [0, 0.1) is 24.0 Å². The Hall–Kier alpha value is -3.96. The number of hydrogen-bond donors (Lipinski definition) is 2. The van der Waals surface area contributed by atoms with Crippen molar-refractivity contribution in [2.75, 3.05) is 16.4 Å². The largest absolute Gasteiger partial charge is 0.457 e. The van der Waals surface area contributed by atoms with Gasteiger partial charge in [-0.15, -0.1) is 10.2 Å². The Balaban J connectivity index is 1.30. The van der Waals surface area contributed by atoms with E-state index in [2.05, 4.69) is 20.8 Å². The Bertz CT molecular complexity index is 1340. The molecule has 2 N–H and O–H groups in total. The molecule has 0 aliphatic carbocycles. The smallest absolute Gasteiger partial charge is 0.293 e. The van der Waals surface area contributed by atoms with E-state index in [4.69, 9.17) is 4.74 Å². The molecule has 4 aromatic rings. The molecule has 0 saturated carbocycles. The highest BCUT2D eigenvalue weighted by atomic mass is 32.2. The lowest BCUT2D eigenvalue weighted by molar-refractivity contribution is -0.384. The molecule has 1 aromatic heterocycles. The molecule has 9 nitrogen and oxygen atoms in total. The molecule has 178 valence electrons. The van der Waals surface area contributed by atoms with E-state index < -0.39 is 4.92 Å². The molecule has 0 spiro atoms. The van der Waals surface area contributed by atoms with Crippen molar-refractivity contribution >= 4 is 51.2 Å². The zero-order valence-electron chi connectivity index (χ0n) is 18.8. The van der Waals surface area contributed by atoms with E-state index in [-0.39, 0.29) is 23.0 Å². The quantitative estimate of drug-likeness (QED) is 0.153. The van der Waals surface area contributed by atoms with Crippen molar-refractivity contribution in [1.29, 1.82) is 0 Å². The van der Waals surface area contributed by atoms with E-state index >= 15 is 0 Å². The molecule has 0 fully saturated rings. The first-order valence-corrected chi connectivity index (χ1v) is 12.3. The lowest BCUT2D eigenvalue weighted by Crippen LogP contribution is -2.15. The first-order valence-electron chi connectivity index (χ1n) is 10.5. The Morgan fingerprint density at radius 2 is 1.71 bits per heavy atom. The third-order valence-electron chi connectivity index (χ3n) is 4.90. The van der Waals surface area contributed by atoms with Gasteiger partial charge in [0.05, 0.1) is 10.7 Å². The van der Waals surface area contributed by atoms with Crippen LogP contribution in [0.5, 0.6) is 11.5 Å². The molecular weight excluding hydrogens is 486 g/mol. The standard InChI is InChI=1S/C24H21N5O4S2/c1-15-12-20(21(29(31)32)13-16(15)2)26-22(30)14-34-24-28-27-23(35-24)25-17-8-10-19(11-9-17)33-18-6-4-3-5-7-18/h3-13H,14H2,1-2H3,(H,25,27)(H,26,30). The zero-order valence-corrected chi connectivity index (χ0v) is 20.5. The van der Waals surface area contributed by atoms with Gasteiger partial charge in [0.25, 0.3) is 5.69 Å². The summed E-state index contributed by atoms with van der Waals surface area (Å²) in [6.45, 7) is 3.63. The SMILES string of the molecule is Cc1cc(NC(=O)CSc2nnc(Nc3ccc(Oc4ccccc4)cc3)s2)c([N+](=O)[O-])cc1C. The number of nitrogens with one attached hydrogen (secondary N) is 2. The highest BCUT2D eigenvalue weighted by molar-refractivity contribution is 8.01. The van der Waals surface area contributed by atoms with E-state index in [1.165, 1.54) is 29.2 Å². The Morgan fingerprint density at radius 1 is 1.03 bits per heavy atom. The summed E-state index contributed by atoms with van der Waals surface area (Å²) >= 11 is 2.51. The third kappa shape index (κ3) is 6.55. The van der Waals surface area contributed by atoms with Crippen LogP contribution < -0.4 is 15.4 Å². The van der Waals surface area contributed by atoms with Gasteiger partial charge in [-0.05, 0) is 67.4 Å². The van der Waals surface area contributed by atoms with Crippen molar-refractivity contribution in [3.8, 4) is 11.5 Å². The van der Waals surface area contributed by atoms with E-state index in [9.17, 15) is 14.9 Å². The maximum atomic E-state index is 12.4. The van der Waals surface area contributed by atoms with Crippen molar-refractivity contribution in [3.05, 3.63) is 88.0 Å². The average molecular weight is 508 g/mol. The number of carbonyl (C=O) groups excluding carboxylic acids is 1. The summed E-state index contributed by atoms with van der Waals surface area (Å²) < 4.78 is 6.38. The van der Waals surface area contributed by atoms with Crippen LogP contribution >= 0.6 is 23.1 Å². The fraction of sp³-hybridized carbons (Fsp3) is 0.125. The molecule has 0 unspecified atom stereocenters. The van der Waals surface area contributed by atoms with E-state index in [0.29, 0.717) is 15.2 Å². The number of anilines is 3. The molecule has 0 aliphatic heterocycles. The van der Waals surface area contributed by atoms with Gasteiger partial charge in [-0.25, -0.2) is 0 Å². The lowest BCUT2D eigenvalue weighted by Gasteiger charge is -2.08. The molecule has 0 aliphatic rings. The van der Waals surface area contributed by atoms with E-state index in [1.54, 1.807) is 13.0 Å². The predicted octanol–water partition coefficient (Wildman–Crippen LogP) is 6.33. The number of aryl methyl sites for hydroxylation is 2. The monoisotopic (exact) mass is 507 g/mol. The average Bonchev–Trinajstić information content (AvgIpc) is 3.29. The number of nitro benzene ring substituents is 1. The van der Waals surface area contributed by atoms with Crippen LogP contribution in [0.4, 0.5) is 22.2 Å². The van der Waals surface area contributed by atoms with Gasteiger partial charge in [0.15, 0.2) is 4.34 Å². The highest BCUT2D eigenvalue weighted by Gasteiger charge is 2.18. The van der Waals surface area contributed by atoms with Crippen molar-refractivity contribution < 1.29 is 14.5 Å². The summed E-state index contributed by atoms with van der Waals surface area (Å²) in [5.74, 6) is 1.16. The van der Waals surface area contributed by atoms with Crippen LogP contribution in [0.1, 0.15) is 11.1 Å². The van der Waals surface area contributed by atoms with Gasteiger partial charge in [0.1, 0.15) is 17.2 Å². The second kappa shape index (κ2) is 11.0. The second-order valence-electron chi connectivity index (χ2n) is 7.49. The minimum atomic E-state index is -0.502. The van der Waals surface area contributed by atoms with Crippen LogP contribution in [0.3, 0.4) is 0 Å². The molecule has 35 heavy (non-hydrogen) atoms. The number of thioether (sulfide) groups is 1. The first kappa shape index (κ1) is 24.2. The fourth-order valence-electron chi connectivity index (χ4n) is 3.04. The minimum Gasteiger partial charge on any atom is -0.457 e. The number of para-hydroxylation sites is 1. The topological polar surface area (TPSA) is 119 Å². The summed E-state index contributed by atoms with van der Waals surface area (Å²) in [5, 5.41) is 25.9. The molecule has 4 rings (SSSR count). The summed E-state index contributed by atoms with van der Waals surface area (Å²) in [4.78, 5) is 23.2. The molecular formula is C24H21N5O4S2. The Morgan fingerprint density at radius 3 is 2.43 bits per heavy atom. The number of nitro groups is 1. The number of hydrogen-bond acceptors (Lipinski definition) is 9. The van der Waals surface area contributed by atoms with Crippen LogP contribution in [0.15, 0.2) is 71.1 Å². The van der Waals surface area contributed by atoms with Crippen LogP contribution in [-0.2, 0) is 4.79 Å². The molecule has 0 atom stereocenters. The molecule has 0 radical (unpaired) electrons. The number of carbonyl (C=O) groups is 1. The zero-order chi connectivity index (χ0) is 24.8. The number of rotatable bonds is 9. The van der Waals surface area contributed by atoms with Crippen molar-refractivity contribution in [2.45, 2.75) is 18.2 Å². The van der Waals surface area contributed by atoms with E-state index in [1.807, 2.05) is 61.5 Å². The predicted molar refractivity (Wildman–Crippen MR) is 138 cm³/mol. The molecule has 1 heterocycles. The highest BCUT2D eigenvalue weighted by Crippen LogP contribution is 2.31. The number of aromatic nitrogens is 2. The maximum absolute atomic E-state index is 12.4. The molecule has 0 bridgehead atoms. The second-order valence-corrected chi connectivity index (χ2v) is 9.69. The van der Waals surface area contributed by atoms with Gasteiger partial charge in [-0.3, -0.25) is 14.9 Å². The lowest BCUT2D eigenvalue weighted by atomic mass is 10.1. The number of amides is 1. The van der Waals surface area contributed by atoms with Gasteiger partial charge >= 0.3 is 0 Å². The summed E-state index contributed by atoms with van der Waals surface area (Å²) in [6.07, 6.45) is 0. The van der Waals surface area contributed by atoms with Gasteiger partial charge < -0.3 is 15.4 Å². The van der Waals surface area contributed by atoms with Gasteiger partial charge in [0.2, 0.25) is 11.0 Å². The Labute approximate surface area is 209 Å². The normalized spacial score (nSPS) is 10.6. The molecule has 0 saturated heterocycles.